The fraction of sp³-hybridized carbons (Fsp3) is 0.455. The highest BCUT2D eigenvalue weighted by Crippen LogP contribution is 2.19. The fourth-order valence-corrected chi connectivity index (χ4v) is 3.93. The number of hydrogen-bond donors (Lipinski definition) is 1. The van der Waals surface area contributed by atoms with Crippen LogP contribution >= 0.6 is 0 Å². The van der Waals surface area contributed by atoms with Gasteiger partial charge in [0.05, 0.1) is 5.69 Å². The van der Waals surface area contributed by atoms with E-state index in [1.165, 1.54) is 5.56 Å². The van der Waals surface area contributed by atoms with Crippen molar-refractivity contribution >= 4 is 5.91 Å². The van der Waals surface area contributed by atoms with Gasteiger partial charge in [-0.2, -0.15) is 0 Å². The van der Waals surface area contributed by atoms with Gasteiger partial charge in [0.25, 0.3) is 5.91 Å². The molecule has 1 aromatic heterocycles. The second kappa shape index (κ2) is 8.45. The Balaban J connectivity index is 1.47. The fourth-order valence-electron chi connectivity index (χ4n) is 3.93. The molecule has 4 nitrogen and oxygen atoms in total. The van der Waals surface area contributed by atoms with Gasteiger partial charge in [-0.1, -0.05) is 23.8 Å². The smallest absolute Gasteiger partial charge is 0.251 e. The number of amides is 1. The molecule has 1 N–H and O–H groups in total. The first-order chi connectivity index (χ1) is 12.5. The number of carbonyl (C=O) groups is 1. The lowest BCUT2D eigenvalue weighted by Crippen LogP contribution is -2.38. The van der Waals surface area contributed by atoms with E-state index in [4.69, 9.17) is 0 Å². The van der Waals surface area contributed by atoms with Gasteiger partial charge in [-0.25, -0.2) is 0 Å². The third-order valence-corrected chi connectivity index (χ3v) is 5.27. The van der Waals surface area contributed by atoms with Gasteiger partial charge in [0.15, 0.2) is 0 Å². The van der Waals surface area contributed by atoms with Crippen LogP contribution in [0.3, 0.4) is 0 Å². The van der Waals surface area contributed by atoms with E-state index < -0.39 is 0 Å². The molecule has 4 heteroatoms. The van der Waals surface area contributed by atoms with Crippen LogP contribution in [0.15, 0.2) is 36.5 Å². The highest BCUT2D eigenvalue weighted by molar-refractivity contribution is 5.97. The zero-order chi connectivity index (χ0) is 18.5. The van der Waals surface area contributed by atoms with Crippen molar-refractivity contribution in [3.63, 3.8) is 0 Å². The molecule has 26 heavy (non-hydrogen) atoms. The Morgan fingerprint density at radius 1 is 1.15 bits per heavy atom. The molecule has 1 aliphatic heterocycles. The summed E-state index contributed by atoms with van der Waals surface area (Å²) in [4.78, 5) is 19.5. The van der Waals surface area contributed by atoms with E-state index >= 15 is 0 Å². The first-order valence-corrected chi connectivity index (χ1v) is 9.51. The van der Waals surface area contributed by atoms with Crippen molar-refractivity contribution in [1.82, 2.24) is 15.2 Å². The SMILES string of the molecule is Cc1cc(C)c(C(=O)NCC2CCN(Cc3ccccn3)CC2)c(C)c1. The van der Waals surface area contributed by atoms with Crippen LogP contribution in [0.5, 0.6) is 0 Å². The minimum absolute atomic E-state index is 0.0657. The molecular formula is C22H29N3O. The van der Waals surface area contributed by atoms with E-state index in [-0.39, 0.29) is 5.91 Å². The predicted molar refractivity (Wildman–Crippen MR) is 105 cm³/mol. The summed E-state index contributed by atoms with van der Waals surface area (Å²) < 4.78 is 0. The Kier molecular flexibility index (Phi) is 6.04. The third kappa shape index (κ3) is 4.70. The lowest BCUT2D eigenvalue weighted by atomic mass is 9.95. The summed E-state index contributed by atoms with van der Waals surface area (Å²) in [5, 5.41) is 3.16. The lowest BCUT2D eigenvalue weighted by Gasteiger charge is -2.31. The minimum atomic E-state index is 0.0657. The zero-order valence-corrected chi connectivity index (χ0v) is 16.1. The van der Waals surface area contributed by atoms with E-state index in [1.807, 2.05) is 32.2 Å². The van der Waals surface area contributed by atoms with Crippen LogP contribution in [0, 0.1) is 26.7 Å². The summed E-state index contributed by atoms with van der Waals surface area (Å²) in [6, 6.07) is 10.2. The molecular weight excluding hydrogens is 322 g/mol. The number of aryl methyl sites for hydroxylation is 3. The largest absolute Gasteiger partial charge is 0.352 e. The predicted octanol–water partition coefficient (Wildman–Crippen LogP) is 3.65. The average molecular weight is 351 g/mol. The van der Waals surface area contributed by atoms with Crippen LogP contribution in [-0.2, 0) is 6.54 Å². The van der Waals surface area contributed by atoms with Gasteiger partial charge in [-0.3, -0.25) is 14.7 Å². The Bertz CT molecular complexity index is 726. The van der Waals surface area contributed by atoms with Crippen LogP contribution in [0.1, 0.15) is 45.6 Å². The van der Waals surface area contributed by atoms with E-state index in [9.17, 15) is 4.79 Å². The highest BCUT2D eigenvalue weighted by atomic mass is 16.1. The number of likely N-dealkylation sites (tertiary alicyclic amines) is 1. The number of pyridine rings is 1. The van der Waals surface area contributed by atoms with Gasteiger partial charge in [0, 0.05) is 24.8 Å². The molecule has 0 spiro atoms. The monoisotopic (exact) mass is 351 g/mol. The van der Waals surface area contributed by atoms with Gasteiger partial charge in [-0.15, -0.1) is 0 Å². The van der Waals surface area contributed by atoms with Crippen molar-refractivity contribution in [3.05, 3.63) is 64.5 Å². The molecule has 3 rings (SSSR count). The van der Waals surface area contributed by atoms with Crippen molar-refractivity contribution in [3.8, 4) is 0 Å². The zero-order valence-electron chi connectivity index (χ0n) is 16.1. The summed E-state index contributed by atoms with van der Waals surface area (Å²) in [6.45, 7) is 9.93. The first-order valence-electron chi connectivity index (χ1n) is 9.51. The van der Waals surface area contributed by atoms with Crippen molar-refractivity contribution in [2.75, 3.05) is 19.6 Å². The Labute approximate surface area is 156 Å². The molecule has 0 aliphatic carbocycles. The maximum absolute atomic E-state index is 12.6. The van der Waals surface area contributed by atoms with Crippen LogP contribution < -0.4 is 5.32 Å². The molecule has 1 aromatic carbocycles. The van der Waals surface area contributed by atoms with Crippen molar-refractivity contribution in [1.29, 1.82) is 0 Å². The number of benzene rings is 1. The molecule has 138 valence electrons. The molecule has 1 saturated heterocycles. The summed E-state index contributed by atoms with van der Waals surface area (Å²) >= 11 is 0. The quantitative estimate of drug-likeness (QED) is 0.894. The second-order valence-corrected chi connectivity index (χ2v) is 7.52. The van der Waals surface area contributed by atoms with Gasteiger partial charge < -0.3 is 5.32 Å². The van der Waals surface area contributed by atoms with Crippen molar-refractivity contribution in [2.45, 2.75) is 40.2 Å². The topological polar surface area (TPSA) is 45.2 Å². The first kappa shape index (κ1) is 18.6. The van der Waals surface area contributed by atoms with Crippen LogP contribution in [-0.4, -0.2) is 35.4 Å². The second-order valence-electron chi connectivity index (χ2n) is 7.52. The van der Waals surface area contributed by atoms with Crippen molar-refractivity contribution in [2.24, 2.45) is 5.92 Å². The Morgan fingerprint density at radius 3 is 2.46 bits per heavy atom. The summed E-state index contributed by atoms with van der Waals surface area (Å²) in [6.07, 6.45) is 4.10. The summed E-state index contributed by atoms with van der Waals surface area (Å²) in [7, 11) is 0. The molecule has 1 aliphatic rings. The normalized spacial score (nSPS) is 15.8. The van der Waals surface area contributed by atoms with E-state index in [1.54, 1.807) is 0 Å². The van der Waals surface area contributed by atoms with Gasteiger partial charge in [0.2, 0.25) is 0 Å². The molecule has 2 heterocycles. The molecule has 2 aromatic rings. The maximum atomic E-state index is 12.6. The molecule has 0 unspecified atom stereocenters. The highest BCUT2D eigenvalue weighted by Gasteiger charge is 2.21. The number of aromatic nitrogens is 1. The summed E-state index contributed by atoms with van der Waals surface area (Å²) in [5.41, 5.74) is 5.29. The molecule has 0 radical (unpaired) electrons. The van der Waals surface area contributed by atoms with Gasteiger partial charge in [-0.05, 0) is 75.9 Å². The van der Waals surface area contributed by atoms with E-state index in [2.05, 4.69) is 40.3 Å². The lowest BCUT2D eigenvalue weighted by molar-refractivity contribution is 0.0934. The molecule has 0 saturated carbocycles. The Morgan fingerprint density at radius 2 is 1.85 bits per heavy atom. The van der Waals surface area contributed by atoms with E-state index in [0.29, 0.717) is 5.92 Å². The van der Waals surface area contributed by atoms with E-state index in [0.717, 1.165) is 61.4 Å². The van der Waals surface area contributed by atoms with Crippen LogP contribution in [0.2, 0.25) is 0 Å². The maximum Gasteiger partial charge on any atom is 0.251 e. The number of nitrogens with zero attached hydrogens (tertiary/aromatic N) is 2. The third-order valence-electron chi connectivity index (χ3n) is 5.27. The summed E-state index contributed by atoms with van der Waals surface area (Å²) in [5.74, 6) is 0.626. The number of piperidine rings is 1. The van der Waals surface area contributed by atoms with Crippen molar-refractivity contribution < 1.29 is 4.79 Å². The number of hydrogen-bond acceptors (Lipinski definition) is 3. The van der Waals surface area contributed by atoms with Gasteiger partial charge >= 0.3 is 0 Å². The molecule has 1 amide bonds. The number of rotatable bonds is 5. The molecule has 0 atom stereocenters. The molecule has 0 bridgehead atoms. The van der Waals surface area contributed by atoms with Crippen LogP contribution in [0.25, 0.3) is 0 Å². The number of carbonyl (C=O) groups excluding carboxylic acids is 1. The van der Waals surface area contributed by atoms with Crippen LogP contribution in [0.4, 0.5) is 0 Å². The minimum Gasteiger partial charge on any atom is -0.352 e. The van der Waals surface area contributed by atoms with Gasteiger partial charge in [0.1, 0.15) is 0 Å². The molecule has 1 fully saturated rings. The number of nitrogens with one attached hydrogen (secondary N) is 1. The average Bonchev–Trinajstić information content (AvgIpc) is 2.61. The standard InChI is InChI=1S/C22H29N3O/c1-16-12-17(2)21(18(3)13-16)22(26)24-14-19-7-10-25(11-8-19)15-20-6-4-5-9-23-20/h4-6,9,12-13,19H,7-8,10-11,14-15H2,1-3H3,(H,24,26). The Hall–Kier alpha value is -2.20.